The van der Waals surface area contributed by atoms with E-state index in [0.717, 1.165) is 19.6 Å². The fraction of sp³-hybridized carbons (Fsp3) is 0.889. The Hall–Kier alpha value is -0.530. The summed E-state index contributed by atoms with van der Waals surface area (Å²) in [7, 11) is 0. The molecule has 0 aromatic heterocycles. The number of aliphatic imine (C=N–C) groups is 1. The van der Waals surface area contributed by atoms with Crippen LogP contribution in [-0.2, 0) is 0 Å². The molecule has 63 valence electrons. The molecule has 0 aromatic rings. The molecule has 0 fully saturated rings. The average Bonchev–Trinajstić information content (AvgIpc) is 2.50. The molecule has 1 radical (unpaired) electrons. The highest BCUT2D eigenvalue weighted by molar-refractivity contribution is 5.56. The summed E-state index contributed by atoms with van der Waals surface area (Å²) in [6, 6.07) is 0. The minimum absolute atomic E-state index is 0.952. The Kier molecular flexibility index (Phi) is 4.02. The molecule has 0 spiro atoms. The zero-order valence-electron chi connectivity index (χ0n) is 7.34. The quantitative estimate of drug-likeness (QED) is 0.550. The first-order valence-corrected chi connectivity index (χ1v) is 4.60. The average molecular weight is 153 g/mol. The Morgan fingerprint density at radius 2 is 2.27 bits per heavy atom. The van der Waals surface area contributed by atoms with Gasteiger partial charge in [0.15, 0.2) is 6.34 Å². The summed E-state index contributed by atoms with van der Waals surface area (Å²) >= 11 is 0. The highest BCUT2D eigenvalue weighted by atomic mass is 15.2. The number of nitrogens with zero attached hydrogens (tertiary/aromatic N) is 2. The van der Waals surface area contributed by atoms with Crippen molar-refractivity contribution in [2.24, 2.45) is 4.99 Å². The van der Waals surface area contributed by atoms with Crippen LogP contribution in [0.4, 0.5) is 0 Å². The maximum atomic E-state index is 4.04. The molecule has 1 rings (SSSR count). The molecular weight excluding hydrogens is 136 g/mol. The van der Waals surface area contributed by atoms with Gasteiger partial charge in [0, 0.05) is 13.1 Å². The third-order valence-electron chi connectivity index (χ3n) is 1.98. The molecule has 0 aromatic carbocycles. The Morgan fingerprint density at radius 3 is 2.91 bits per heavy atom. The van der Waals surface area contributed by atoms with E-state index in [9.17, 15) is 0 Å². The fourth-order valence-electron chi connectivity index (χ4n) is 1.26. The van der Waals surface area contributed by atoms with E-state index in [1.165, 1.54) is 25.7 Å². The van der Waals surface area contributed by atoms with Crippen molar-refractivity contribution >= 4 is 6.34 Å². The Morgan fingerprint density at radius 1 is 1.36 bits per heavy atom. The summed E-state index contributed by atoms with van der Waals surface area (Å²) in [5.74, 6) is 0. The van der Waals surface area contributed by atoms with Gasteiger partial charge in [-0.15, -0.1) is 0 Å². The minimum Gasteiger partial charge on any atom is -0.352 e. The van der Waals surface area contributed by atoms with Crippen LogP contribution in [0.1, 0.15) is 32.6 Å². The molecule has 1 heterocycles. The van der Waals surface area contributed by atoms with Crippen molar-refractivity contribution in [3.8, 4) is 0 Å². The van der Waals surface area contributed by atoms with E-state index in [-0.39, 0.29) is 0 Å². The van der Waals surface area contributed by atoms with Gasteiger partial charge in [-0.3, -0.25) is 4.99 Å². The van der Waals surface area contributed by atoms with Gasteiger partial charge < -0.3 is 4.90 Å². The van der Waals surface area contributed by atoms with Gasteiger partial charge in [-0.1, -0.05) is 26.2 Å². The molecule has 0 bridgehead atoms. The van der Waals surface area contributed by atoms with Crippen molar-refractivity contribution in [1.82, 2.24) is 4.90 Å². The predicted molar refractivity (Wildman–Crippen MR) is 48.0 cm³/mol. The molecule has 2 nitrogen and oxygen atoms in total. The second-order valence-electron chi connectivity index (χ2n) is 3.03. The summed E-state index contributed by atoms with van der Waals surface area (Å²) in [4.78, 5) is 6.23. The van der Waals surface area contributed by atoms with Crippen molar-refractivity contribution in [2.75, 3.05) is 19.6 Å². The normalized spacial score (nSPS) is 16.3. The highest BCUT2D eigenvalue weighted by Gasteiger charge is 2.04. The van der Waals surface area contributed by atoms with Crippen LogP contribution in [0.2, 0.25) is 0 Å². The van der Waals surface area contributed by atoms with Gasteiger partial charge in [0.25, 0.3) is 0 Å². The lowest BCUT2D eigenvalue weighted by Gasteiger charge is -2.11. The van der Waals surface area contributed by atoms with Crippen LogP contribution >= 0.6 is 0 Å². The van der Waals surface area contributed by atoms with Crippen LogP contribution in [0.5, 0.6) is 0 Å². The molecule has 1 aliphatic heterocycles. The van der Waals surface area contributed by atoms with Gasteiger partial charge >= 0.3 is 0 Å². The van der Waals surface area contributed by atoms with E-state index in [1.807, 2.05) is 0 Å². The zero-order valence-corrected chi connectivity index (χ0v) is 7.34. The first-order valence-electron chi connectivity index (χ1n) is 4.60. The largest absolute Gasteiger partial charge is 0.352 e. The van der Waals surface area contributed by atoms with E-state index in [2.05, 4.69) is 23.2 Å². The number of rotatable bonds is 5. The SMILES string of the molecule is CCCCCCN1[C]=NCC1. The van der Waals surface area contributed by atoms with Gasteiger partial charge in [-0.05, 0) is 6.42 Å². The van der Waals surface area contributed by atoms with Gasteiger partial charge in [-0.2, -0.15) is 0 Å². The number of unbranched alkanes of at least 4 members (excludes halogenated alkanes) is 3. The Labute approximate surface area is 69.3 Å². The highest BCUT2D eigenvalue weighted by Crippen LogP contribution is 2.01. The van der Waals surface area contributed by atoms with Gasteiger partial charge in [-0.25, -0.2) is 0 Å². The van der Waals surface area contributed by atoms with Crippen molar-refractivity contribution in [3.63, 3.8) is 0 Å². The minimum atomic E-state index is 0.952. The molecule has 0 saturated carbocycles. The van der Waals surface area contributed by atoms with Gasteiger partial charge in [0.1, 0.15) is 0 Å². The molecular formula is C9H17N2. The van der Waals surface area contributed by atoms with Crippen LogP contribution < -0.4 is 0 Å². The summed E-state index contributed by atoms with van der Waals surface area (Å²) in [5, 5.41) is 0. The molecule has 0 N–H and O–H groups in total. The topological polar surface area (TPSA) is 15.6 Å². The molecule has 0 aliphatic carbocycles. The first-order chi connectivity index (χ1) is 5.43. The summed E-state index contributed by atoms with van der Waals surface area (Å²) in [5.41, 5.74) is 0. The smallest absolute Gasteiger partial charge is 0.167 e. The van der Waals surface area contributed by atoms with E-state index in [4.69, 9.17) is 0 Å². The molecule has 2 heteroatoms. The van der Waals surface area contributed by atoms with E-state index in [1.54, 1.807) is 0 Å². The van der Waals surface area contributed by atoms with Crippen molar-refractivity contribution in [2.45, 2.75) is 32.6 Å². The Bertz CT molecular complexity index is 121. The van der Waals surface area contributed by atoms with Crippen LogP contribution in [0.15, 0.2) is 4.99 Å². The molecule has 1 aliphatic rings. The predicted octanol–water partition coefficient (Wildman–Crippen LogP) is 1.79. The van der Waals surface area contributed by atoms with Crippen molar-refractivity contribution < 1.29 is 0 Å². The Balaban J connectivity index is 1.90. The lowest BCUT2D eigenvalue weighted by molar-refractivity contribution is 0.442. The third kappa shape index (κ3) is 3.40. The van der Waals surface area contributed by atoms with Crippen molar-refractivity contribution in [3.05, 3.63) is 0 Å². The van der Waals surface area contributed by atoms with Crippen LogP contribution in [0.25, 0.3) is 0 Å². The molecule has 0 amide bonds. The molecule has 11 heavy (non-hydrogen) atoms. The maximum absolute atomic E-state index is 4.04. The number of hydrogen-bond donors (Lipinski definition) is 0. The second-order valence-corrected chi connectivity index (χ2v) is 3.03. The fourth-order valence-corrected chi connectivity index (χ4v) is 1.26. The summed E-state index contributed by atoms with van der Waals surface area (Å²) in [6.07, 6.45) is 8.33. The second kappa shape index (κ2) is 5.16. The summed E-state index contributed by atoms with van der Waals surface area (Å²) in [6.45, 7) is 5.44. The van der Waals surface area contributed by atoms with Gasteiger partial charge in [0.05, 0.1) is 6.54 Å². The standard InChI is InChI=1S/C9H17N2/c1-2-3-4-5-7-11-8-6-10-9-11/h2-8H2,1H3. The van der Waals surface area contributed by atoms with Crippen molar-refractivity contribution in [1.29, 1.82) is 0 Å². The molecule has 0 unspecified atom stereocenters. The maximum Gasteiger partial charge on any atom is 0.167 e. The third-order valence-corrected chi connectivity index (χ3v) is 1.98. The van der Waals surface area contributed by atoms with Crippen LogP contribution in [0.3, 0.4) is 0 Å². The summed E-state index contributed by atoms with van der Waals surface area (Å²) < 4.78 is 0. The monoisotopic (exact) mass is 153 g/mol. The van der Waals surface area contributed by atoms with Crippen LogP contribution in [-0.4, -0.2) is 30.9 Å². The zero-order chi connectivity index (χ0) is 7.94. The number of hydrogen-bond acceptors (Lipinski definition) is 2. The van der Waals surface area contributed by atoms with E-state index >= 15 is 0 Å². The van der Waals surface area contributed by atoms with Gasteiger partial charge in [0.2, 0.25) is 0 Å². The molecule has 0 atom stereocenters. The molecule has 0 saturated heterocycles. The van der Waals surface area contributed by atoms with Crippen LogP contribution in [0, 0.1) is 0 Å². The lowest BCUT2D eigenvalue weighted by Crippen LogP contribution is -2.20. The first kappa shape index (κ1) is 8.57. The lowest BCUT2D eigenvalue weighted by atomic mass is 10.2. The van der Waals surface area contributed by atoms with E-state index in [0.29, 0.717) is 0 Å². The van der Waals surface area contributed by atoms with E-state index < -0.39 is 0 Å².